The van der Waals surface area contributed by atoms with Crippen LogP contribution in [0.1, 0.15) is 16.1 Å². The van der Waals surface area contributed by atoms with Crippen molar-refractivity contribution in [3.63, 3.8) is 0 Å². The number of nitrogens with zero attached hydrogens (tertiary/aromatic N) is 1. The highest BCUT2D eigenvalue weighted by Gasteiger charge is 2.11. The number of ether oxygens (including phenoxy) is 2. The molecule has 0 aliphatic rings. The van der Waals surface area contributed by atoms with Crippen molar-refractivity contribution in [1.29, 1.82) is 0 Å². The van der Waals surface area contributed by atoms with Gasteiger partial charge in [-0.3, -0.25) is 4.79 Å². The average Bonchev–Trinajstić information content (AvgIpc) is 2.70. The van der Waals surface area contributed by atoms with Crippen molar-refractivity contribution in [1.82, 2.24) is 4.98 Å². The van der Waals surface area contributed by atoms with Crippen LogP contribution in [-0.2, 0) is 9.53 Å². The van der Waals surface area contributed by atoms with Gasteiger partial charge in [0.05, 0.1) is 23.3 Å². The van der Waals surface area contributed by atoms with Crippen LogP contribution in [-0.4, -0.2) is 30.5 Å². The van der Waals surface area contributed by atoms with E-state index in [1.165, 1.54) is 19.3 Å². The molecule has 27 heavy (non-hydrogen) atoms. The Morgan fingerprint density at radius 1 is 1.11 bits per heavy atom. The van der Waals surface area contributed by atoms with Gasteiger partial charge in [-0.2, -0.15) is 0 Å². The van der Waals surface area contributed by atoms with Crippen molar-refractivity contribution in [2.24, 2.45) is 0 Å². The second kappa shape index (κ2) is 8.47. The number of carbonyl (C=O) groups excluding carboxylic acids is 2. The fourth-order valence-electron chi connectivity index (χ4n) is 2.44. The number of carbonyl (C=O) groups is 2. The summed E-state index contributed by atoms with van der Waals surface area (Å²) in [5.41, 5.74) is 1.80. The van der Waals surface area contributed by atoms with Crippen LogP contribution in [0.2, 0.25) is 5.02 Å². The first-order chi connectivity index (χ1) is 13.1. The van der Waals surface area contributed by atoms with Gasteiger partial charge in [-0.15, -0.1) is 0 Å². The number of hydrogen-bond acceptors (Lipinski definition) is 5. The lowest BCUT2D eigenvalue weighted by atomic mass is 10.1. The molecule has 0 atom stereocenters. The number of aromatic nitrogens is 1. The third-order valence-electron chi connectivity index (χ3n) is 3.83. The zero-order valence-electron chi connectivity index (χ0n) is 14.5. The number of halogens is 1. The summed E-state index contributed by atoms with van der Waals surface area (Å²) in [6.07, 6.45) is 2.79. The normalized spacial score (nSPS) is 10.9. The van der Waals surface area contributed by atoms with Gasteiger partial charge in [0.1, 0.15) is 5.75 Å². The number of methoxy groups -OCH3 is 1. The van der Waals surface area contributed by atoms with Gasteiger partial charge in [0, 0.05) is 17.0 Å². The Bertz CT molecular complexity index is 1030. The lowest BCUT2D eigenvalue weighted by Gasteiger charge is -2.05. The van der Waals surface area contributed by atoms with Gasteiger partial charge in [0.2, 0.25) is 0 Å². The molecule has 0 amide bonds. The van der Waals surface area contributed by atoms with Crippen molar-refractivity contribution in [3.8, 4) is 5.75 Å². The summed E-state index contributed by atoms with van der Waals surface area (Å²) in [7, 11) is 1.49. The van der Waals surface area contributed by atoms with Gasteiger partial charge in [0.15, 0.2) is 12.4 Å². The maximum atomic E-state index is 12.1. The molecule has 0 saturated carbocycles. The fraction of sp³-hybridized carbons (Fsp3) is 0.0952. The second-order valence-corrected chi connectivity index (χ2v) is 6.05. The van der Waals surface area contributed by atoms with Crippen LogP contribution in [0, 0.1) is 0 Å². The van der Waals surface area contributed by atoms with E-state index in [2.05, 4.69) is 4.98 Å². The quantitative estimate of drug-likeness (QED) is 0.361. The van der Waals surface area contributed by atoms with E-state index in [-0.39, 0.29) is 12.4 Å². The van der Waals surface area contributed by atoms with E-state index in [9.17, 15) is 9.59 Å². The molecule has 3 aromatic rings. The van der Waals surface area contributed by atoms with Crippen molar-refractivity contribution < 1.29 is 19.1 Å². The molecule has 0 radical (unpaired) electrons. The van der Waals surface area contributed by atoms with E-state index in [0.29, 0.717) is 22.0 Å². The van der Waals surface area contributed by atoms with Crippen LogP contribution >= 0.6 is 11.6 Å². The number of fused-ring (bicyclic) bond motifs is 1. The Balaban J connectivity index is 1.59. The molecule has 3 rings (SSSR count). The minimum absolute atomic E-state index is 0.317. The Morgan fingerprint density at radius 3 is 2.70 bits per heavy atom. The molecule has 136 valence electrons. The fourth-order valence-corrected chi connectivity index (χ4v) is 2.69. The first kappa shape index (κ1) is 18.6. The van der Waals surface area contributed by atoms with Gasteiger partial charge >= 0.3 is 5.97 Å². The SMILES string of the molecule is COc1ccc(C(=O)COC(=O)/C=C/c2ccc3ccccc3n2)cc1Cl. The standard InChI is InChI=1S/C21H16ClNO4/c1-26-20-10-7-15(12-17(20)22)19(24)13-27-21(25)11-9-16-8-6-14-4-2-3-5-18(14)23-16/h2-12H,13H2,1H3/b11-9+. The molecule has 0 N–H and O–H groups in total. The molecule has 0 bridgehead atoms. The molecular weight excluding hydrogens is 366 g/mol. The van der Waals surface area contributed by atoms with Crippen molar-refractivity contribution in [2.75, 3.05) is 13.7 Å². The number of esters is 1. The molecule has 5 nitrogen and oxygen atoms in total. The molecule has 6 heteroatoms. The van der Waals surface area contributed by atoms with Crippen LogP contribution in [0.3, 0.4) is 0 Å². The Hall–Kier alpha value is -3.18. The van der Waals surface area contributed by atoms with E-state index in [1.807, 2.05) is 30.3 Å². The number of ketones is 1. The highest BCUT2D eigenvalue weighted by atomic mass is 35.5. The van der Waals surface area contributed by atoms with Crippen molar-refractivity contribution in [3.05, 3.63) is 77.0 Å². The molecule has 0 fully saturated rings. The topological polar surface area (TPSA) is 65.5 Å². The predicted molar refractivity (Wildman–Crippen MR) is 104 cm³/mol. The highest BCUT2D eigenvalue weighted by Crippen LogP contribution is 2.25. The summed E-state index contributed by atoms with van der Waals surface area (Å²) in [5, 5.41) is 1.33. The molecule has 1 heterocycles. The molecule has 0 unspecified atom stereocenters. The summed E-state index contributed by atoms with van der Waals surface area (Å²) in [4.78, 5) is 28.4. The van der Waals surface area contributed by atoms with Gasteiger partial charge in [0.25, 0.3) is 0 Å². The predicted octanol–water partition coefficient (Wildman–Crippen LogP) is 4.34. The van der Waals surface area contributed by atoms with Crippen molar-refractivity contribution >= 4 is 40.3 Å². The van der Waals surface area contributed by atoms with Gasteiger partial charge in [-0.1, -0.05) is 35.9 Å². The van der Waals surface area contributed by atoms with Crippen LogP contribution < -0.4 is 4.74 Å². The molecule has 0 spiro atoms. The van der Waals surface area contributed by atoms with Crippen LogP contribution in [0.25, 0.3) is 17.0 Å². The highest BCUT2D eigenvalue weighted by molar-refractivity contribution is 6.32. The molecule has 0 aliphatic carbocycles. The summed E-state index contributed by atoms with van der Waals surface area (Å²) < 4.78 is 10.0. The smallest absolute Gasteiger partial charge is 0.331 e. The first-order valence-corrected chi connectivity index (χ1v) is 8.52. The van der Waals surface area contributed by atoms with Crippen LogP contribution in [0.15, 0.2) is 60.7 Å². The van der Waals surface area contributed by atoms with Crippen LogP contribution in [0.4, 0.5) is 0 Å². The van der Waals surface area contributed by atoms with E-state index >= 15 is 0 Å². The number of Topliss-reactive ketones (excluding diaryl/α,β-unsaturated/α-hetero) is 1. The Kier molecular flexibility index (Phi) is 5.84. The third kappa shape index (κ3) is 4.71. The zero-order chi connectivity index (χ0) is 19.2. The van der Waals surface area contributed by atoms with Gasteiger partial charge in [-0.25, -0.2) is 9.78 Å². The average molecular weight is 382 g/mol. The summed E-state index contributed by atoms with van der Waals surface area (Å²) in [5.74, 6) is -0.515. The Morgan fingerprint density at radius 2 is 1.93 bits per heavy atom. The lowest BCUT2D eigenvalue weighted by Crippen LogP contribution is -2.12. The third-order valence-corrected chi connectivity index (χ3v) is 4.12. The lowest BCUT2D eigenvalue weighted by molar-refractivity contribution is -0.136. The number of hydrogen-bond donors (Lipinski definition) is 0. The number of rotatable bonds is 6. The van der Waals surface area contributed by atoms with Crippen molar-refractivity contribution in [2.45, 2.75) is 0 Å². The Labute approximate surface area is 161 Å². The largest absolute Gasteiger partial charge is 0.495 e. The summed E-state index contributed by atoms with van der Waals surface area (Å²) in [6.45, 7) is -0.378. The first-order valence-electron chi connectivity index (χ1n) is 8.14. The van der Waals surface area contributed by atoms with E-state index in [0.717, 1.165) is 10.9 Å². The number of pyridine rings is 1. The maximum absolute atomic E-state index is 12.1. The second-order valence-electron chi connectivity index (χ2n) is 5.64. The van der Waals surface area contributed by atoms with Gasteiger partial charge in [-0.05, 0) is 36.4 Å². The zero-order valence-corrected chi connectivity index (χ0v) is 15.3. The number of para-hydroxylation sites is 1. The monoisotopic (exact) mass is 381 g/mol. The number of benzene rings is 2. The van der Waals surface area contributed by atoms with Crippen LogP contribution in [0.5, 0.6) is 5.75 Å². The van der Waals surface area contributed by atoms with E-state index in [4.69, 9.17) is 21.1 Å². The van der Waals surface area contributed by atoms with E-state index < -0.39 is 5.97 Å². The minimum Gasteiger partial charge on any atom is -0.495 e. The van der Waals surface area contributed by atoms with Gasteiger partial charge < -0.3 is 9.47 Å². The molecule has 0 saturated heterocycles. The minimum atomic E-state index is -0.627. The summed E-state index contributed by atoms with van der Waals surface area (Å²) >= 11 is 5.99. The molecule has 0 aliphatic heterocycles. The maximum Gasteiger partial charge on any atom is 0.331 e. The van der Waals surface area contributed by atoms with E-state index in [1.54, 1.807) is 24.3 Å². The molecule has 1 aromatic heterocycles. The molecule has 2 aromatic carbocycles. The molecular formula is C21H16ClNO4. The summed E-state index contributed by atoms with van der Waals surface area (Å²) in [6, 6.07) is 16.0.